The van der Waals surface area contributed by atoms with Gasteiger partial charge in [-0.1, -0.05) is 6.07 Å². The molecule has 8 heteroatoms. The molecule has 0 aliphatic carbocycles. The summed E-state index contributed by atoms with van der Waals surface area (Å²) in [5.41, 5.74) is -0.167. The van der Waals surface area contributed by atoms with Crippen molar-refractivity contribution in [1.29, 1.82) is 0 Å². The minimum Gasteiger partial charge on any atom is -0.444 e. The van der Waals surface area contributed by atoms with Crippen LogP contribution in [0.3, 0.4) is 0 Å². The third-order valence-electron chi connectivity index (χ3n) is 3.41. The number of rotatable bonds is 3. The number of esters is 1. The van der Waals surface area contributed by atoms with Gasteiger partial charge in [-0.2, -0.15) is 18.3 Å². The molecule has 0 saturated carbocycles. The number of nitrogens with zero attached hydrogens (tertiary/aromatic N) is 2. The van der Waals surface area contributed by atoms with E-state index in [4.69, 9.17) is 0 Å². The zero-order valence-corrected chi connectivity index (χ0v) is 12.6. The first-order chi connectivity index (χ1) is 10.6. The normalized spacial score (nSPS) is 13.0. The fourth-order valence-corrected chi connectivity index (χ4v) is 2.25. The highest BCUT2D eigenvalue weighted by Crippen LogP contribution is 2.39. The van der Waals surface area contributed by atoms with E-state index in [1.165, 1.54) is 37.7 Å². The van der Waals surface area contributed by atoms with Gasteiger partial charge >= 0.3 is 12.1 Å². The van der Waals surface area contributed by atoms with Crippen LogP contribution in [0.5, 0.6) is 0 Å². The second-order valence-corrected chi connectivity index (χ2v) is 5.05. The molecular formula is C15H14F4N2O2. The van der Waals surface area contributed by atoms with Crippen molar-refractivity contribution >= 4 is 5.97 Å². The molecule has 1 unspecified atom stereocenters. The van der Waals surface area contributed by atoms with Gasteiger partial charge in [-0.25, -0.2) is 9.18 Å². The first-order valence-electron chi connectivity index (χ1n) is 6.64. The molecule has 0 amide bonds. The summed E-state index contributed by atoms with van der Waals surface area (Å²) in [5.74, 6) is -1.99. The van der Waals surface area contributed by atoms with Crippen LogP contribution in [0.2, 0.25) is 0 Å². The Balaban J connectivity index is 2.39. The lowest BCUT2D eigenvalue weighted by atomic mass is 10.1. The monoisotopic (exact) mass is 330 g/mol. The number of aryl methyl sites for hydroxylation is 2. The zero-order chi connectivity index (χ0) is 17.4. The molecule has 0 radical (unpaired) electrons. The standard InChI is InChI=1S/C15H14F4N2O2/c1-8-12(9(2)21(3)20-8)13(15(17,18)19)23-14(22)10-5-4-6-11(16)7-10/h4-7,13H,1-3H3. The van der Waals surface area contributed by atoms with Crippen LogP contribution < -0.4 is 0 Å². The lowest BCUT2D eigenvalue weighted by Crippen LogP contribution is -2.27. The van der Waals surface area contributed by atoms with E-state index < -0.39 is 24.1 Å². The van der Waals surface area contributed by atoms with Crippen molar-refractivity contribution in [2.75, 3.05) is 0 Å². The van der Waals surface area contributed by atoms with E-state index in [-0.39, 0.29) is 22.5 Å². The summed E-state index contributed by atoms with van der Waals surface area (Å²) in [6.07, 6.45) is -7.28. The van der Waals surface area contributed by atoms with E-state index in [9.17, 15) is 22.4 Å². The molecule has 0 aliphatic rings. The molecule has 4 nitrogen and oxygen atoms in total. The van der Waals surface area contributed by atoms with Crippen molar-refractivity contribution in [3.05, 3.63) is 52.6 Å². The van der Waals surface area contributed by atoms with Gasteiger partial charge in [0.05, 0.1) is 11.3 Å². The van der Waals surface area contributed by atoms with Crippen LogP contribution in [-0.4, -0.2) is 21.9 Å². The van der Waals surface area contributed by atoms with Gasteiger partial charge in [0, 0.05) is 18.3 Å². The number of carbonyl (C=O) groups excluding carboxylic acids is 1. The summed E-state index contributed by atoms with van der Waals surface area (Å²) in [6, 6.07) is 4.29. The number of carbonyl (C=O) groups is 1. The maximum Gasteiger partial charge on any atom is 0.430 e. The maximum atomic E-state index is 13.3. The summed E-state index contributed by atoms with van der Waals surface area (Å²) in [5, 5.41) is 3.90. The van der Waals surface area contributed by atoms with Crippen molar-refractivity contribution in [3.63, 3.8) is 0 Å². The number of halogens is 4. The van der Waals surface area contributed by atoms with E-state index in [2.05, 4.69) is 9.84 Å². The molecule has 0 bridgehead atoms. The van der Waals surface area contributed by atoms with E-state index in [1.807, 2.05) is 0 Å². The van der Waals surface area contributed by atoms with Crippen LogP contribution in [0.25, 0.3) is 0 Å². The molecule has 1 atom stereocenters. The quantitative estimate of drug-likeness (QED) is 0.637. The molecule has 1 heterocycles. The van der Waals surface area contributed by atoms with Gasteiger partial charge in [0.2, 0.25) is 6.10 Å². The fourth-order valence-electron chi connectivity index (χ4n) is 2.25. The van der Waals surface area contributed by atoms with E-state index in [0.717, 1.165) is 12.1 Å². The molecule has 0 aliphatic heterocycles. The Hall–Kier alpha value is -2.38. The number of aromatic nitrogens is 2. The van der Waals surface area contributed by atoms with Gasteiger partial charge in [-0.05, 0) is 32.0 Å². The average molecular weight is 330 g/mol. The van der Waals surface area contributed by atoms with Crippen LogP contribution in [0.1, 0.15) is 33.4 Å². The van der Waals surface area contributed by atoms with Gasteiger partial charge in [0.1, 0.15) is 5.82 Å². The number of hydrogen-bond donors (Lipinski definition) is 0. The molecule has 23 heavy (non-hydrogen) atoms. The van der Waals surface area contributed by atoms with Crippen LogP contribution in [-0.2, 0) is 11.8 Å². The predicted molar refractivity (Wildman–Crippen MR) is 73.3 cm³/mol. The molecule has 124 valence electrons. The molecule has 0 N–H and O–H groups in total. The second-order valence-electron chi connectivity index (χ2n) is 5.05. The second kappa shape index (κ2) is 6.02. The summed E-state index contributed by atoms with van der Waals surface area (Å²) >= 11 is 0. The third-order valence-corrected chi connectivity index (χ3v) is 3.41. The Labute approximate surface area is 129 Å². The molecule has 0 saturated heterocycles. The van der Waals surface area contributed by atoms with Crippen molar-refractivity contribution in [2.24, 2.45) is 7.05 Å². The van der Waals surface area contributed by atoms with Gasteiger partial charge in [-0.3, -0.25) is 4.68 Å². The van der Waals surface area contributed by atoms with Gasteiger partial charge in [-0.15, -0.1) is 0 Å². The first-order valence-corrected chi connectivity index (χ1v) is 6.64. The van der Waals surface area contributed by atoms with Crippen molar-refractivity contribution in [3.8, 4) is 0 Å². The lowest BCUT2D eigenvalue weighted by Gasteiger charge is -2.21. The molecular weight excluding hydrogens is 316 g/mol. The van der Waals surface area contributed by atoms with Gasteiger partial charge in [0.25, 0.3) is 0 Å². The largest absolute Gasteiger partial charge is 0.444 e. The van der Waals surface area contributed by atoms with E-state index in [0.29, 0.717) is 0 Å². The molecule has 0 spiro atoms. The van der Waals surface area contributed by atoms with Crippen LogP contribution in [0.15, 0.2) is 24.3 Å². The van der Waals surface area contributed by atoms with Crippen molar-refractivity contribution < 1.29 is 27.1 Å². The SMILES string of the molecule is Cc1nn(C)c(C)c1C(OC(=O)c1cccc(F)c1)C(F)(F)F. The molecule has 1 aromatic carbocycles. The summed E-state index contributed by atoms with van der Waals surface area (Å²) in [6.45, 7) is 2.85. The van der Waals surface area contributed by atoms with Crippen molar-refractivity contribution in [1.82, 2.24) is 9.78 Å². The smallest absolute Gasteiger partial charge is 0.430 e. The summed E-state index contributed by atoms with van der Waals surface area (Å²) < 4.78 is 59.0. The molecule has 2 rings (SSSR count). The summed E-state index contributed by atoms with van der Waals surface area (Å²) in [7, 11) is 1.49. The van der Waals surface area contributed by atoms with Gasteiger partial charge < -0.3 is 4.74 Å². The Morgan fingerprint density at radius 3 is 2.43 bits per heavy atom. The fraction of sp³-hybridized carbons (Fsp3) is 0.333. The Morgan fingerprint density at radius 2 is 1.96 bits per heavy atom. The average Bonchev–Trinajstić information content (AvgIpc) is 2.68. The highest BCUT2D eigenvalue weighted by Gasteiger charge is 2.46. The molecule has 0 fully saturated rings. The number of ether oxygens (including phenoxy) is 1. The Kier molecular flexibility index (Phi) is 4.44. The zero-order valence-electron chi connectivity index (χ0n) is 12.6. The minimum atomic E-state index is -4.82. The highest BCUT2D eigenvalue weighted by atomic mass is 19.4. The van der Waals surface area contributed by atoms with Crippen molar-refractivity contribution in [2.45, 2.75) is 26.1 Å². The highest BCUT2D eigenvalue weighted by molar-refractivity contribution is 5.89. The molecule has 2 aromatic rings. The number of alkyl halides is 3. The third kappa shape index (κ3) is 3.52. The van der Waals surface area contributed by atoms with Crippen LogP contribution >= 0.6 is 0 Å². The minimum absolute atomic E-state index is 0.111. The number of hydrogen-bond acceptors (Lipinski definition) is 3. The predicted octanol–water partition coefficient (Wildman–Crippen LogP) is 3.64. The van der Waals surface area contributed by atoms with E-state index in [1.54, 1.807) is 0 Å². The van der Waals surface area contributed by atoms with E-state index >= 15 is 0 Å². The van der Waals surface area contributed by atoms with Crippen LogP contribution in [0, 0.1) is 19.7 Å². The Morgan fingerprint density at radius 1 is 1.30 bits per heavy atom. The van der Waals surface area contributed by atoms with Crippen LogP contribution in [0.4, 0.5) is 17.6 Å². The lowest BCUT2D eigenvalue weighted by molar-refractivity contribution is -0.207. The van der Waals surface area contributed by atoms with Gasteiger partial charge in [0.15, 0.2) is 0 Å². The molecule has 1 aromatic heterocycles. The summed E-state index contributed by atoms with van der Waals surface area (Å²) in [4.78, 5) is 11.9. The first kappa shape index (κ1) is 17.0. The Bertz CT molecular complexity index is 738. The number of benzene rings is 1. The topological polar surface area (TPSA) is 44.1 Å². The maximum absolute atomic E-state index is 13.3.